The fraction of sp³-hybridized carbons (Fsp3) is 0.304. The second kappa shape index (κ2) is 8.19. The maximum Gasteiger partial charge on any atom is 0.310 e. The summed E-state index contributed by atoms with van der Waals surface area (Å²) in [5, 5.41) is 14.0. The quantitative estimate of drug-likeness (QED) is 0.557. The van der Waals surface area contributed by atoms with Gasteiger partial charge in [-0.1, -0.05) is 54.4 Å². The number of aryl methyl sites for hydroxylation is 1. The summed E-state index contributed by atoms with van der Waals surface area (Å²) in [5.41, 5.74) is 2.20. The average Bonchev–Trinajstić information content (AvgIpc) is 3.06. The standard InChI is InChI=1S/C23H22Cl2N2O4/c1-3-15(22(29)30)13-4-6-14(7-5-13)23(11-31-12-23)26-21(28)19-10-16-18(27(19)2)9-8-17(24)20(16)25/h4-10,15H,3,11-12H2,1-2H3,(H,26,28)(H,29,30). The number of rotatable bonds is 6. The van der Waals surface area contributed by atoms with Crippen LogP contribution in [0.5, 0.6) is 0 Å². The number of benzene rings is 2. The normalized spacial score (nSPS) is 16.0. The van der Waals surface area contributed by atoms with E-state index in [-0.39, 0.29) is 5.91 Å². The zero-order valence-corrected chi connectivity index (χ0v) is 18.6. The summed E-state index contributed by atoms with van der Waals surface area (Å²) < 4.78 is 7.22. The van der Waals surface area contributed by atoms with Crippen molar-refractivity contribution in [1.29, 1.82) is 0 Å². The van der Waals surface area contributed by atoms with Crippen LogP contribution in [0, 0.1) is 0 Å². The van der Waals surface area contributed by atoms with Gasteiger partial charge in [-0.2, -0.15) is 0 Å². The molecule has 2 N–H and O–H groups in total. The van der Waals surface area contributed by atoms with E-state index >= 15 is 0 Å². The van der Waals surface area contributed by atoms with Crippen LogP contribution in [-0.4, -0.2) is 34.8 Å². The lowest BCUT2D eigenvalue weighted by Crippen LogP contribution is -2.59. The highest BCUT2D eigenvalue weighted by molar-refractivity contribution is 6.45. The highest BCUT2D eigenvalue weighted by atomic mass is 35.5. The summed E-state index contributed by atoms with van der Waals surface area (Å²) in [7, 11) is 1.80. The Kier molecular flexibility index (Phi) is 5.73. The van der Waals surface area contributed by atoms with Crippen molar-refractivity contribution in [1.82, 2.24) is 9.88 Å². The molecule has 6 nitrogen and oxygen atoms in total. The molecular formula is C23H22Cl2N2O4. The number of carbonyl (C=O) groups is 2. The fourth-order valence-electron chi connectivity index (χ4n) is 4.05. The highest BCUT2D eigenvalue weighted by Gasteiger charge is 2.42. The summed E-state index contributed by atoms with van der Waals surface area (Å²) in [5.74, 6) is -1.65. The second-order valence-corrected chi connectivity index (χ2v) is 8.62. The third kappa shape index (κ3) is 3.69. The molecule has 0 spiro atoms. The number of halogens is 2. The molecule has 1 saturated heterocycles. The van der Waals surface area contributed by atoms with E-state index in [4.69, 9.17) is 27.9 Å². The van der Waals surface area contributed by atoms with Gasteiger partial charge in [0.1, 0.15) is 11.2 Å². The number of aromatic nitrogens is 1. The average molecular weight is 461 g/mol. The molecule has 8 heteroatoms. The minimum Gasteiger partial charge on any atom is -0.481 e. The number of hydrogen-bond acceptors (Lipinski definition) is 3. The van der Waals surface area contributed by atoms with Crippen LogP contribution < -0.4 is 5.32 Å². The number of carboxylic acids is 1. The molecule has 0 bridgehead atoms. The SMILES string of the molecule is CCC(C(=O)O)c1ccc(C2(NC(=O)c3cc4c(Cl)c(Cl)ccc4n3C)COC2)cc1. The number of hydrogen-bond donors (Lipinski definition) is 2. The number of fused-ring (bicyclic) bond motifs is 1. The first-order valence-corrected chi connectivity index (χ1v) is 10.7. The van der Waals surface area contributed by atoms with Crippen LogP contribution in [0.3, 0.4) is 0 Å². The number of aliphatic carboxylic acids is 1. The maximum atomic E-state index is 13.2. The van der Waals surface area contributed by atoms with Gasteiger partial charge in [0, 0.05) is 18.0 Å². The summed E-state index contributed by atoms with van der Waals surface area (Å²) >= 11 is 12.4. The van der Waals surface area contributed by atoms with Gasteiger partial charge < -0.3 is 19.7 Å². The summed E-state index contributed by atoms with van der Waals surface area (Å²) in [6.07, 6.45) is 0.507. The number of nitrogens with zero attached hydrogens (tertiary/aromatic N) is 1. The molecule has 0 aliphatic carbocycles. The summed E-state index contributed by atoms with van der Waals surface area (Å²) in [4.78, 5) is 24.6. The molecule has 1 amide bonds. The number of nitrogens with one attached hydrogen (secondary N) is 1. The first-order valence-electron chi connectivity index (χ1n) is 9.94. The van der Waals surface area contributed by atoms with E-state index in [2.05, 4.69) is 5.32 Å². The van der Waals surface area contributed by atoms with Gasteiger partial charge in [-0.3, -0.25) is 9.59 Å². The minimum absolute atomic E-state index is 0.254. The van der Waals surface area contributed by atoms with Crippen molar-refractivity contribution >= 4 is 46.0 Å². The van der Waals surface area contributed by atoms with Crippen molar-refractivity contribution in [3.63, 3.8) is 0 Å². The Bertz CT molecular complexity index is 1170. The zero-order valence-electron chi connectivity index (χ0n) is 17.1. The smallest absolute Gasteiger partial charge is 0.310 e. The van der Waals surface area contributed by atoms with E-state index < -0.39 is 17.4 Å². The number of carboxylic acid groups (broad SMARTS) is 1. The molecule has 1 aromatic heterocycles. The molecule has 31 heavy (non-hydrogen) atoms. The molecule has 1 aliphatic heterocycles. The maximum absolute atomic E-state index is 13.2. The van der Waals surface area contributed by atoms with E-state index in [9.17, 15) is 14.7 Å². The Morgan fingerprint density at radius 3 is 2.42 bits per heavy atom. The van der Waals surface area contributed by atoms with E-state index in [1.807, 2.05) is 37.3 Å². The fourth-order valence-corrected chi connectivity index (χ4v) is 4.43. The molecule has 4 rings (SSSR count). The molecule has 1 aliphatic rings. The van der Waals surface area contributed by atoms with E-state index in [0.717, 1.165) is 16.6 Å². The van der Waals surface area contributed by atoms with Crippen molar-refractivity contribution in [2.75, 3.05) is 13.2 Å². The van der Waals surface area contributed by atoms with Crippen molar-refractivity contribution in [3.05, 3.63) is 69.3 Å². The van der Waals surface area contributed by atoms with Gasteiger partial charge in [-0.25, -0.2) is 0 Å². The molecule has 0 saturated carbocycles. The first kappa shape index (κ1) is 21.7. The summed E-state index contributed by atoms with van der Waals surface area (Å²) in [6, 6.07) is 12.6. The molecule has 0 radical (unpaired) electrons. The Balaban J connectivity index is 1.63. The van der Waals surface area contributed by atoms with E-state index in [0.29, 0.717) is 40.8 Å². The van der Waals surface area contributed by atoms with Gasteiger partial charge in [-0.15, -0.1) is 0 Å². The summed E-state index contributed by atoms with van der Waals surface area (Å²) in [6.45, 7) is 2.52. The minimum atomic E-state index is -0.847. The molecule has 1 atom stereocenters. The first-order chi connectivity index (χ1) is 14.8. The van der Waals surface area contributed by atoms with Crippen molar-refractivity contribution in [2.24, 2.45) is 7.05 Å². The number of amides is 1. The van der Waals surface area contributed by atoms with Crippen LogP contribution in [0.2, 0.25) is 10.0 Å². The lowest BCUT2D eigenvalue weighted by molar-refractivity contribution is -0.138. The predicted molar refractivity (Wildman–Crippen MR) is 120 cm³/mol. The van der Waals surface area contributed by atoms with E-state index in [1.54, 1.807) is 23.7 Å². The topological polar surface area (TPSA) is 80.6 Å². The molecule has 1 unspecified atom stereocenters. The molecule has 3 aromatic rings. The monoisotopic (exact) mass is 460 g/mol. The Morgan fingerprint density at radius 1 is 1.19 bits per heavy atom. The van der Waals surface area contributed by atoms with Gasteiger partial charge >= 0.3 is 5.97 Å². The molecule has 1 fully saturated rings. The third-order valence-corrected chi connectivity index (χ3v) is 6.79. The number of ether oxygens (including phenoxy) is 1. The lowest BCUT2D eigenvalue weighted by atomic mass is 9.85. The van der Waals surface area contributed by atoms with Crippen LogP contribution in [0.25, 0.3) is 10.9 Å². The van der Waals surface area contributed by atoms with Gasteiger partial charge in [0.05, 0.1) is 29.2 Å². The third-order valence-electron chi connectivity index (χ3n) is 5.97. The van der Waals surface area contributed by atoms with Gasteiger partial charge in [-0.05, 0) is 35.7 Å². The second-order valence-electron chi connectivity index (χ2n) is 7.83. The van der Waals surface area contributed by atoms with Crippen molar-refractivity contribution in [3.8, 4) is 0 Å². The Labute approximate surface area is 189 Å². The van der Waals surface area contributed by atoms with Gasteiger partial charge in [0.25, 0.3) is 5.91 Å². The van der Waals surface area contributed by atoms with Crippen LogP contribution >= 0.6 is 23.2 Å². The molecular weight excluding hydrogens is 439 g/mol. The van der Waals surface area contributed by atoms with Crippen LogP contribution in [-0.2, 0) is 22.1 Å². The number of carbonyl (C=O) groups excluding carboxylic acids is 1. The van der Waals surface area contributed by atoms with Crippen LogP contribution in [0.1, 0.15) is 40.9 Å². The van der Waals surface area contributed by atoms with Crippen LogP contribution in [0.4, 0.5) is 0 Å². The Morgan fingerprint density at radius 2 is 1.87 bits per heavy atom. The van der Waals surface area contributed by atoms with Crippen LogP contribution in [0.15, 0.2) is 42.5 Å². The largest absolute Gasteiger partial charge is 0.481 e. The van der Waals surface area contributed by atoms with Crippen molar-refractivity contribution in [2.45, 2.75) is 24.8 Å². The van der Waals surface area contributed by atoms with E-state index in [1.165, 1.54) is 0 Å². The van der Waals surface area contributed by atoms with Gasteiger partial charge in [0.15, 0.2) is 0 Å². The Hall–Kier alpha value is -2.54. The lowest BCUT2D eigenvalue weighted by Gasteiger charge is -2.42. The highest BCUT2D eigenvalue weighted by Crippen LogP contribution is 2.34. The molecule has 162 valence electrons. The predicted octanol–water partition coefficient (Wildman–Crippen LogP) is 4.72. The molecule has 2 aromatic carbocycles. The zero-order chi connectivity index (χ0) is 22.3. The molecule has 2 heterocycles. The van der Waals surface area contributed by atoms with Gasteiger partial charge in [0.2, 0.25) is 0 Å². The van der Waals surface area contributed by atoms with Crippen molar-refractivity contribution < 1.29 is 19.4 Å².